The molecule has 2 aromatic carbocycles. The standard InChI is InChI=1S/2C9H9F2NO2.2H2O/c2*10-6-2-1-5(3-7(6)11)4-8(12)9(13)14;;/h2*1-3,8H,4,12H2,(H,13,14);2*1H2/t2*8-;;/m00../s1. The van der Waals surface area contributed by atoms with Crippen molar-refractivity contribution in [2.24, 2.45) is 0 Å². The van der Waals surface area contributed by atoms with Crippen molar-refractivity contribution in [2.45, 2.75) is 24.9 Å². The van der Waals surface area contributed by atoms with E-state index in [2.05, 4.69) is 11.5 Å². The fourth-order valence-corrected chi connectivity index (χ4v) is 2.07. The molecule has 10 N–H and O–H groups in total. The summed E-state index contributed by atoms with van der Waals surface area (Å²) in [6, 6.07) is 4.53. The highest BCUT2D eigenvalue weighted by Crippen LogP contribution is 2.10. The zero-order valence-corrected chi connectivity index (χ0v) is 15.6. The van der Waals surface area contributed by atoms with Gasteiger partial charge in [-0.15, -0.1) is 0 Å². The van der Waals surface area contributed by atoms with Gasteiger partial charge in [0.15, 0.2) is 23.3 Å². The SMILES string of the molecule is O.O.[NH3+][C@@H](Cc1ccc(F)c(F)c1)C(=O)[O-].[NH3+][C@@H](Cc1ccc(F)c(F)c1)C(=O)[O-]. The van der Waals surface area contributed by atoms with Crippen molar-refractivity contribution in [2.75, 3.05) is 0 Å². The molecule has 12 heteroatoms. The largest absolute Gasteiger partial charge is 0.544 e. The van der Waals surface area contributed by atoms with Gasteiger partial charge in [0.05, 0.1) is 11.9 Å². The molecule has 0 heterocycles. The van der Waals surface area contributed by atoms with E-state index in [9.17, 15) is 37.4 Å². The maximum Gasteiger partial charge on any atom is 0.159 e. The molecule has 8 nitrogen and oxygen atoms in total. The van der Waals surface area contributed by atoms with Crippen LogP contribution in [0.5, 0.6) is 0 Å². The highest BCUT2D eigenvalue weighted by Gasteiger charge is 2.11. The molecule has 0 unspecified atom stereocenters. The van der Waals surface area contributed by atoms with Gasteiger partial charge in [-0.1, -0.05) is 12.1 Å². The second-order valence-electron chi connectivity index (χ2n) is 5.94. The number of hydrogen-bond acceptors (Lipinski definition) is 4. The Morgan fingerprint density at radius 3 is 1.23 bits per heavy atom. The fourth-order valence-electron chi connectivity index (χ4n) is 2.07. The first-order chi connectivity index (χ1) is 13.0. The van der Waals surface area contributed by atoms with Crippen molar-refractivity contribution in [1.29, 1.82) is 0 Å². The van der Waals surface area contributed by atoms with Crippen molar-refractivity contribution in [3.8, 4) is 0 Å². The van der Waals surface area contributed by atoms with E-state index in [-0.39, 0.29) is 23.8 Å². The second kappa shape index (κ2) is 13.2. The summed E-state index contributed by atoms with van der Waals surface area (Å²) >= 11 is 0. The summed E-state index contributed by atoms with van der Waals surface area (Å²) in [7, 11) is 0. The lowest BCUT2D eigenvalue weighted by Gasteiger charge is -2.09. The molecule has 2 aromatic rings. The first-order valence-corrected chi connectivity index (χ1v) is 7.97. The number of quaternary nitrogens is 2. The molecule has 168 valence electrons. The predicted octanol–water partition coefficient (Wildman–Crippen LogP) is -3.91. The number of benzene rings is 2. The molecule has 2 atom stereocenters. The maximum absolute atomic E-state index is 12.7. The van der Waals surface area contributed by atoms with Crippen LogP contribution in [0.2, 0.25) is 0 Å². The molecule has 0 saturated heterocycles. The predicted molar refractivity (Wildman–Crippen MR) is 90.7 cm³/mol. The Labute approximate surface area is 168 Å². The van der Waals surface area contributed by atoms with Crippen LogP contribution in [0.3, 0.4) is 0 Å². The Hall–Kier alpha value is -3.06. The summed E-state index contributed by atoms with van der Waals surface area (Å²) in [6.45, 7) is 0. The smallest absolute Gasteiger partial charge is 0.159 e. The van der Waals surface area contributed by atoms with Gasteiger partial charge in [0, 0.05) is 12.8 Å². The molecule has 0 fully saturated rings. The summed E-state index contributed by atoms with van der Waals surface area (Å²) in [5.41, 5.74) is 7.38. The molecule has 0 aliphatic rings. The maximum atomic E-state index is 12.7. The van der Waals surface area contributed by atoms with Crippen LogP contribution >= 0.6 is 0 Å². The third-order valence-electron chi connectivity index (χ3n) is 3.60. The van der Waals surface area contributed by atoms with Crippen LogP contribution in [0.25, 0.3) is 0 Å². The van der Waals surface area contributed by atoms with E-state index in [1.165, 1.54) is 12.1 Å². The molecule has 0 saturated carbocycles. The highest BCUT2D eigenvalue weighted by molar-refractivity contribution is 5.70. The van der Waals surface area contributed by atoms with Crippen LogP contribution in [0.15, 0.2) is 36.4 Å². The molecule has 30 heavy (non-hydrogen) atoms. The Balaban J connectivity index is 0. The first-order valence-electron chi connectivity index (χ1n) is 7.97. The van der Waals surface area contributed by atoms with Gasteiger partial charge in [-0.2, -0.15) is 0 Å². The third kappa shape index (κ3) is 9.43. The Kier molecular flexibility index (Phi) is 12.8. The van der Waals surface area contributed by atoms with Crippen molar-refractivity contribution in [3.05, 3.63) is 70.8 Å². The minimum Gasteiger partial charge on any atom is -0.544 e. The number of carbonyl (C=O) groups excluding carboxylic acids is 2. The summed E-state index contributed by atoms with van der Waals surface area (Å²) in [4.78, 5) is 20.6. The average molecular weight is 438 g/mol. The number of aliphatic carboxylic acids is 2. The average Bonchev–Trinajstić information content (AvgIpc) is 2.61. The second-order valence-corrected chi connectivity index (χ2v) is 5.94. The lowest BCUT2D eigenvalue weighted by molar-refractivity contribution is -0.437. The minimum absolute atomic E-state index is 0. The molecule has 2 rings (SSSR count). The summed E-state index contributed by atoms with van der Waals surface area (Å²) < 4.78 is 50.3. The van der Waals surface area contributed by atoms with E-state index in [0.29, 0.717) is 11.1 Å². The lowest BCUT2D eigenvalue weighted by Crippen LogP contribution is -2.69. The Bertz CT molecular complexity index is 784. The Morgan fingerprint density at radius 1 is 0.700 bits per heavy atom. The van der Waals surface area contributed by atoms with Crippen molar-refractivity contribution < 1.29 is 59.8 Å². The number of carboxylic acids is 2. The van der Waals surface area contributed by atoms with Crippen molar-refractivity contribution >= 4 is 11.9 Å². The van der Waals surface area contributed by atoms with E-state index in [1.807, 2.05) is 0 Å². The van der Waals surface area contributed by atoms with Gasteiger partial charge < -0.3 is 42.2 Å². The summed E-state index contributed by atoms with van der Waals surface area (Å²) in [5, 5.41) is 20.6. The van der Waals surface area contributed by atoms with Crippen LogP contribution < -0.4 is 21.7 Å². The zero-order valence-electron chi connectivity index (χ0n) is 15.6. The van der Waals surface area contributed by atoms with E-state index >= 15 is 0 Å². The molecule has 0 spiro atoms. The van der Waals surface area contributed by atoms with Crippen LogP contribution in [0.4, 0.5) is 17.6 Å². The van der Waals surface area contributed by atoms with Gasteiger partial charge >= 0.3 is 0 Å². The quantitative estimate of drug-likeness (QED) is 0.434. The van der Waals surface area contributed by atoms with E-state index in [4.69, 9.17) is 0 Å². The van der Waals surface area contributed by atoms with Crippen LogP contribution in [-0.2, 0) is 22.4 Å². The van der Waals surface area contributed by atoms with Crippen LogP contribution in [0, 0.1) is 23.3 Å². The molecule has 0 aliphatic carbocycles. The van der Waals surface area contributed by atoms with Gasteiger partial charge in [-0.3, -0.25) is 0 Å². The first kappa shape index (κ1) is 29.1. The number of carboxylic acid groups (broad SMARTS) is 2. The number of carbonyl (C=O) groups is 2. The molecular formula is C18H22F4N2O6. The van der Waals surface area contributed by atoms with Crippen molar-refractivity contribution in [3.63, 3.8) is 0 Å². The highest BCUT2D eigenvalue weighted by atomic mass is 19.2. The number of halogens is 4. The third-order valence-corrected chi connectivity index (χ3v) is 3.60. The molecule has 0 aliphatic heterocycles. The lowest BCUT2D eigenvalue weighted by atomic mass is 10.1. The van der Waals surface area contributed by atoms with E-state index in [0.717, 1.165) is 24.3 Å². The molecule has 0 aromatic heterocycles. The van der Waals surface area contributed by atoms with Gasteiger partial charge in [0.1, 0.15) is 12.1 Å². The monoisotopic (exact) mass is 438 g/mol. The van der Waals surface area contributed by atoms with Gasteiger partial charge in [-0.05, 0) is 35.4 Å². The number of rotatable bonds is 6. The summed E-state index contributed by atoms with van der Waals surface area (Å²) in [6.07, 6.45) is 0.0546. The molecular weight excluding hydrogens is 416 g/mol. The minimum atomic E-state index is -1.31. The summed E-state index contributed by atoms with van der Waals surface area (Å²) in [5.74, 6) is -6.52. The number of hydrogen-bond donors (Lipinski definition) is 2. The van der Waals surface area contributed by atoms with Crippen molar-refractivity contribution in [1.82, 2.24) is 0 Å². The van der Waals surface area contributed by atoms with Gasteiger partial charge in [0.25, 0.3) is 0 Å². The van der Waals surface area contributed by atoms with E-state index < -0.39 is 47.3 Å². The van der Waals surface area contributed by atoms with Crippen LogP contribution in [-0.4, -0.2) is 35.0 Å². The fraction of sp³-hybridized carbons (Fsp3) is 0.222. The zero-order chi connectivity index (χ0) is 21.4. The topological polar surface area (TPSA) is 199 Å². The van der Waals surface area contributed by atoms with Gasteiger partial charge in [-0.25, -0.2) is 17.6 Å². The molecule has 0 radical (unpaired) electrons. The normalized spacial score (nSPS) is 11.7. The van der Waals surface area contributed by atoms with Gasteiger partial charge in [0.2, 0.25) is 0 Å². The van der Waals surface area contributed by atoms with E-state index in [1.54, 1.807) is 0 Å². The molecule has 0 amide bonds. The van der Waals surface area contributed by atoms with Crippen LogP contribution in [0.1, 0.15) is 11.1 Å². The Morgan fingerprint density at radius 2 is 1.00 bits per heavy atom. The molecule has 0 bridgehead atoms.